The Bertz CT molecular complexity index is 253. The number of carbonyl (C=O) groups excluding carboxylic acids is 1. The summed E-state index contributed by atoms with van der Waals surface area (Å²) in [5.41, 5.74) is 4.91. The molecule has 17 heavy (non-hydrogen) atoms. The van der Waals surface area contributed by atoms with Crippen LogP contribution in [0, 0.1) is 5.92 Å². The van der Waals surface area contributed by atoms with E-state index in [1.165, 1.54) is 19.3 Å². The van der Waals surface area contributed by atoms with Crippen molar-refractivity contribution in [2.24, 2.45) is 11.7 Å². The third kappa shape index (κ3) is 4.28. The van der Waals surface area contributed by atoms with Crippen molar-refractivity contribution in [1.82, 2.24) is 10.2 Å². The maximum Gasteiger partial charge on any atom is 0.238 e. The average Bonchev–Trinajstić information content (AvgIpc) is 2.20. The molecule has 1 rings (SSSR count). The molecule has 0 heterocycles. The number of carbonyl (C=O) groups is 1. The summed E-state index contributed by atoms with van der Waals surface area (Å²) in [6.45, 7) is 6.60. The van der Waals surface area contributed by atoms with Crippen LogP contribution in [-0.2, 0) is 4.79 Å². The Balaban J connectivity index is 2.43. The second-order valence-electron chi connectivity index (χ2n) is 5.62. The molecule has 0 aromatic rings. The van der Waals surface area contributed by atoms with Crippen molar-refractivity contribution in [2.75, 3.05) is 26.7 Å². The zero-order chi connectivity index (χ0) is 12.9. The summed E-state index contributed by atoms with van der Waals surface area (Å²) in [5, 5.41) is 3.27. The van der Waals surface area contributed by atoms with E-state index in [9.17, 15) is 4.79 Å². The third-order valence-corrected chi connectivity index (χ3v) is 3.69. The van der Waals surface area contributed by atoms with Crippen molar-refractivity contribution >= 4 is 5.91 Å². The molecule has 1 atom stereocenters. The van der Waals surface area contributed by atoms with Gasteiger partial charge in [-0.3, -0.25) is 4.79 Å². The van der Waals surface area contributed by atoms with Crippen molar-refractivity contribution in [1.29, 1.82) is 0 Å². The Hall–Kier alpha value is -0.610. The van der Waals surface area contributed by atoms with Gasteiger partial charge in [-0.15, -0.1) is 0 Å². The van der Waals surface area contributed by atoms with Crippen LogP contribution in [0.4, 0.5) is 0 Å². The van der Waals surface area contributed by atoms with E-state index in [0.717, 1.165) is 25.4 Å². The molecule has 4 nitrogen and oxygen atoms in total. The van der Waals surface area contributed by atoms with Crippen molar-refractivity contribution < 1.29 is 4.79 Å². The lowest BCUT2D eigenvalue weighted by molar-refractivity contribution is -0.124. The monoisotopic (exact) mass is 241 g/mol. The minimum absolute atomic E-state index is 0.258. The number of rotatable bonds is 8. The van der Waals surface area contributed by atoms with Gasteiger partial charge < -0.3 is 16.0 Å². The fraction of sp³-hybridized carbons (Fsp3) is 0.923. The van der Waals surface area contributed by atoms with Gasteiger partial charge in [-0.25, -0.2) is 0 Å². The molecule has 0 saturated heterocycles. The molecule has 1 amide bonds. The molecular weight excluding hydrogens is 214 g/mol. The van der Waals surface area contributed by atoms with E-state index in [-0.39, 0.29) is 5.91 Å². The van der Waals surface area contributed by atoms with E-state index in [1.807, 2.05) is 6.92 Å². The minimum Gasteiger partial charge on any atom is -0.368 e. The maximum absolute atomic E-state index is 11.6. The molecule has 1 unspecified atom stereocenters. The summed E-state index contributed by atoms with van der Waals surface area (Å²) in [6, 6.07) is 0. The number of hydrogen-bond donors (Lipinski definition) is 2. The molecule has 1 saturated carbocycles. The lowest BCUT2D eigenvalue weighted by Crippen LogP contribution is -2.59. The lowest BCUT2D eigenvalue weighted by Gasteiger charge is -2.36. The van der Waals surface area contributed by atoms with Crippen LogP contribution in [0.3, 0.4) is 0 Å². The topological polar surface area (TPSA) is 58.4 Å². The highest BCUT2D eigenvalue weighted by Gasteiger charge is 2.32. The van der Waals surface area contributed by atoms with Crippen LogP contribution in [0.15, 0.2) is 0 Å². The van der Waals surface area contributed by atoms with E-state index in [0.29, 0.717) is 6.54 Å². The first-order valence-electron chi connectivity index (χ1n) is 6.71. The first-order valence-corrected chi connectivity index (χ1v) is 6.71. The molecule has 0 aromatic carbocycles. The van der Waals surface area contributed by atoms with E-state index < -0.39 is 5.54 Å². The van der Waals surface area contributed by atoms with Gasteiger partial charge in [0.25, 0.3) is 0 Å². The lowest BCUT2D eigenvalue weighted by atomic mass is 9.85. The average molecular weight is 241 g/mol. The molecule has 4 heteroatoms. The smallest absolute Gasteiger partial charge is 0.238 e. The van der Waals surface area contributed by atoms with Gasteiger partial charge in [0.1, 0.15) is 5.54 Å². The summed E-state index contributed by atoms with van der Waals surface area (Å²) in [6.07, 6.45) is 5.04. The molecular formula is C13H27N3O. The highest BCUT2D eigenvalue weighted by molar-refractivity contribution is 5.84. The zero-order valence-corrected chi connectivity index (χ0v) is 11.5. The number of nitrogens with two attached hydrogens (primary N) is 1. The van der Waals surface area contributed by atoms with Gasteiger partial charge in [0.15, 0.2) is 0 Å². The van der Waals surface area contributed by atoms with Crippen molar-refractivity contribution in [3.8, 4) is 0 Å². The van der Waals surface area contributed by atoms with E-state index in [1.54, 1.807) is 0 Å². The van der Waals surface area contributed by atoms with Crippen LogP contribution in [0.5, 0.6) is 0 Å². The summed E-state index contributed by atoms with van der Waals surface area (Å²) in [7, 11) is 2.08. The Morgan fingerprint density at radius 3 is 2.59 bits per heavy atom. The molecule has 0 aliphatic heterocycles. The second-order valence-corrected chi connectivity index (χ2v) is 5.62. The molecule has 0 aromatic heterocycles. The molecule has 100 valence electrons. The normalized spacial score (nSPS) is 20.0. The molecule has 1 aliphatic carbocycles. The predicted octanol–water partition coefficient (Wildman–Crippen LogP) is 0.962. The predicted molar refractivity (Wildman–Crippen MR) is 70.7 cm³/mol. The van der Waals surface area contributed by atoms with Gasteiger partial charge in [-0.2, -0.15) is 0 Å². The summed E-state index contributed by atoms with van der Waals surface area (Å²) in [4.78, 5) is 13.8. The number of nitrogens with zero attached hydrogens (tertiary/aromatic N) is 1. The van der Waals surface area contributed by atoms with Crippen LogP contribution in [-0.4, -0.2) is 43.0 Å². The van der Waals surface area contributed by atoms with E-state index in [4.69, 9.17) is 5.73 Å². The Morgan fingerprint density at radius 2 is 2.18 bits per heavy atom. The number of amides is 1. The Labute approximate surface area is 105 Å². The fourth-order valence-corrected chi connectivity index (χ4v) is 2.34. The molecule has 0 bridgehead atoms. The number of nitrogens with one attached hydrogen (secondary N) is 1. The fourth-order valence-electron chi connectivity index (χ4n) is 2.34. The first-order chi connectivity index (χ1) is 7.98. The second kappa shape index (κ2) is 6.36. The van der Waals surface area contributed by atoms with Gasteiger partial charge in [-0.1, -0.05) is 13.3 Å². The standard InChI is InChI=1S/C13H27N3O/c1-4-8-15-13(2,12(14)17)10-16(3)9-11-6-5-7-11/h11,15H,4-10H2,1-3H3,(H2,14,17). The molecule has 1 aliphatic rings. The van der Waals surface area contributed by atoms with Gasteiger partial charge in [0, 0.05) is 13.1 Å². The van der Waals surface area contributed by atoms with Crippen LogP contribution >= 0.6 is 0 Å². The van der Waals surface area contributed by atoms with Gasteiger partial charge >= 0.3 is 0 Å². The van der Waals surface area contributed by atoms with E-state index >= 15 is 0 Å². The van der Waals surface area contributed by atoms with Crippen LogP contribution in [0.2, 0.25) is 0 Å². The first kappa shape index (κ1) is 14.5. The Kier molecular flexibility index (Phi) is 5.40. The number of primary amides is 1. The largest absolute Gasteiger partial charge is 0.368 e. The van der Waals surface area contributed by atoms with Gasteiger partial charge in [-0.05, 0) is 45.7 Å². The third-order valence-electron chi connectivity index (χ3n) is 3.69. The van der Waals surface area contributed by atoms with Crippen molar-refractivity contribution in [2.45, 2.75) is 45.1 Å². The highest BCUT2D eigenvalue weighted by atomic mass is 16.1. The highest BCUT2D eigenvalue weighted by Crippen LogP contribution is 2.27. The quantitative estimate of drug-likeness (QED) is 0.665. The SMILES string of the molecule is CCCNC(C)(CN(C)CC1CCC1)C(N)=O. The van der Waals surface area contributed by atoms with Gasteiger partial charge in [0.05, 0.1) is 0 Å². The van der Waals surface area contributed by atoms with E-state index in [2.05, 4.69) is 24.2 Å². The van der Waals surface area contributed by atoms with Crippen molar-refractivity contribution in [3.63, 3.8) is 0 Å². The summed E-state index contributed by atoms with van der Waals surface area (Å²) < 4.78 is 0. The summed E-state index contributed by atoms with van der Waals surface area (Å²) >= 11 is 0. The molecule has 0 radical (unpaired) electrons. The maximum atomic E-state index is 11.6. The van der Waals surface area contributed by atoms with Crippen LogP contribution in [0.1, 0.15) is 39.5 Å². The minimum atomic E-state index is -0.603. The summed E-state index contributed by atoms with van der Waals surface area (Å²) in [5.74, 6) is 0.565. The van der Waals surface area contributed by atoms with Gasteiger partial charge in [0.2, 0.25) is 5.91 Å². The van der Waals surface area contributed by atoms with Crippen molar-refractivity contribution in [3.05, 3.63) is 0 Å². The Morgan fingerprint density at radius 1 is 1.53 bits per heavy atom. The zero-order valence-electron chi connectivity index (χ0n) is 11.5. The number of likely N-dealkylation sites (N-methyl/N-ethyl adjacent to an activating group) is 1. The molecule has 0 spiro atoms. The van der Waals surface area contributed by atoms with Crippen LogP contribution < -0.4 is 11.1 Å². The molecule has 1 fully saturated rings. The molecule has 3 N–H and O–H groups in total. The van der Waals surface area contributed by atoms with Crippen LogP contribution in [0.25, 0.3) is 0 Å². The number of hydrogen-bond acceptors (Lipinski definition) is 3.